The lowest BCUT2D eigenvalue weighted by molar-refractivity contribution is -0.0520. The molecule has 5 heteroatoms. The van der Waals surface area contributed by atoms with Crippen LogP contribution in [-0.4, -0.2) is 11.6 Å². The van der Waals surface area contributed by atoms with Crippen molar-refractivity contribution in [1.29, 1.82) is 0 Å². The smallest absolute Gasteiger partial charge is 0.387 e. The third-order valence-electron chi connectivity index (χ3n) is 2.10. The van der Waals surface area contributed by atoms with Gasteiger partial charge >= 0.3 is 6.61 Å². The average Bonchev–Trinajstić information content (AvgIpc) is 2.19. The van der Waals surface area contributed by atoms with Crippen LogP contribution in [0.25, 0.3) is 10.9 Å². The first-order valence-corrected chi connectivity index (χ1v) is 4.58. The molecule has 0 aliphatic heterocycles. The van der Waals surface area contributed by atoms with Crippen molar-refractivity contribution in [2.24, 2.45) is 0 Å². The van der Waals surface area contributed by atoms with E-state index in [1.807, 2.05) is 0 Å². The number of ether oxygens (including phenoxy) is 1. The van der Waals surface area contributed by atoms with Crippen LogP contribution in [0.1, 0.15) is 5.69 Å². The van der Waals surface area contributed by atoms with Gasteiger partial charge in [0.15, 0.2) is 11.6 Å². The molecule has 0 aliphatic carbocycles. The van der Waals surface area contributed by atoms with E-state index >= 15 is 0 Å². The highest BCUT2D eigenvalue weighted by atomic mass is 19.3. The lowest BCUT2D eigenvalue weighted by Gasteiger charge is -2.07. The van der Waals surface area contributed by atoms with Crippen molar-refractivity contribution >= 4 is 10.9 Å². The number of halogens is 3. The topological polar surface area (TPSA) is 22.1 Å². The zero-order chi connectivity index (χ0) is 11.7. The fourth-order valence-electron chi connectivity index (χ4n) is 1.41. The zero-order valence-corrected chi connectivity index (χ0v) is 8.38. The van der Waals surface area contributed by atoms with Crippen molar-refractivity contribution in [3.8, 4) is 5.75 Å². The van der Waals surface area contributed by atoms with Gasteiger partial charge in [-0.25, -0.2) is 4.39 Å². The van der Waals surface area contributed by atoms with Crippen LogP contribution in [-0.2, 0) is 0 Å². The molecule has 0 saturated carbocycles. The predicted octanol–water partition coefficient (Wildman–Crippen LogP) is 3.28. The SMILES string of the molecule is Cc1ccc2cc(F)c(OC(F)F)cc2n1. The number of rotatable bonds is 2. The summed E-state index contributed by atoms with van der Waals surface area (Å²) in [5.74, 6) is -1.31. The lowest BCUT2D eigenvalue weighted by atomic mass is 10.2. The molecule has 0 unspecified atom stereocenters. The van der Waals surface area contributed by atoms with Gasteiger partial charge in [0.05, 0.1) is 5.52 Å². The number of aromatic nitrogens is 1. The van der Waals surface area contributed by atoms with E-state index in [-0.39, 0.29) is 0 Å². The van der Waals surface area contributed by atoms with Crippen molar-refractivity contribution < 1.29 is 17.9 Å². The van der Waals surface area contributed by atoms with Crippen molar-refractivity contribution in [1.82, 2.24) is 4.98 Å². The number of pyridine rings is 1. The standard InChI is InChI=1S/C11H8F3NO/c1-6-2-3-7-4-8(12)10(16-11(13)14)5-9(7)15-6/h2-5,11H,1H3. The largest absolute Gasteiger partial charge is 0.432 e. The second kappa shape index (κ2) is 4.00. The van der Waals surface area contributed by atoms with Gasteiger partial charge in [0, 0.05) is 17.1 Å². The van der Waals surface area contributed by atoms with Crippen molar-refractivity contribution in [3.63, 3.8) is 0 Å². The molecule has 1 heterocycles. The molecule has 0 aliphatic rings. The van der Waals surface area contributed by atoms with Crippen LogP contribution in [0.4, 0.5) is 13.2 Å². The quantitative estimate of drug-likeness (QED) is 0.785. The Kier molecular flexibility index (Phi) is 2.68. The minimum atomic E-state index is -3.04. The molecular weight excluding hydrogens is 219 g/mol. The van der Waals surface area contributed by atoms with E-state index in [0.717, 1.165) is 11.8 Å². The van der Waals surface area contributed by atoms with Gasteiger partial charge < -0.3 is 4.74 Å². The molecule has 2 nitrogen and oxygen atoms in total. The fourth-order valence-corrected chi connectivity index (χ4v) is 1.41. The van der Waals surface area contributed by atoms with Crippen LogP contribution < -0.4 is 4.74 Å². The first-order valence-electron chi connectivity index (χ1n) is 4.58. The van der Waals surface area contributed by atoms with Crippen molar-refractivity contribution in [3.05, 3.63) is 35.8 Å². The molecule has 0 N–H and O–H groups in total. The van der Waals surface area contributed by atoms with E-state index in [9.17, 15) is 13.2 Å². The summed E-state index contributed by atoms with van der Waals surface area (Å²) in [5.41, 5.74) is 1.15. The molecule has 2 aromatic rings. The molecule has 0 radical (unpaired) electrons. The van der Waals surface area contributed by atoms with E-state index in [1.54, 1.807) is 19.1 Å². The number of hydrogen-bond acceptors (Lipinski definition) is 2. The second-order valence-electron chi connectivity index (χ2n) is 3.31. The van der Waals surface area contributed by atoms with E-state index < -0.39 is 18.2 Å². The first kappa shape index (κ1) is 10.7. The molecule has 1 aromatic carbocycles. The Labute approximate surface area is 89.7 Å². The van der Waals surface area contributed by atoms with Crippen LogP contribution in [0, 0.1) is 12.7 Å². The highest BCUT2D eigenvalue weighted by Crippen LogP contribution is 2.25. The number of aryl methyl sites for hydroxylation is 1. The molecule has 1 aromatic heterocycles. The molecular formula is C11H8F3NO. The van der Waals surface area contributed by atoms with Gasteiger partial charge in [0.25, 0.3) is 0 Å². The van der Waals surface area contributed by atoms with Gasteiger partial charge in [-0.05, 0) is 19.1 Å². The highest BCUT2D eigenvalue weighted by molar-refractivity contribution is 5.80. The van der Waals surface area contributed by atoms with Crippen LogP contribution >= 0.6 is 0 Å². The first-order chi connectivity index (χ1) is 7.56. The Hall–Kier alpha value is -1.78. The van der Waals surface area contributed by atoms with Gasteiger partial charge in [-0.3, -0.25) is 4.98 Å². The van der Waals surface area contributed by atoms with Gasteiger partial charge in [0.1, 0.15) is 0 Å². The van der Waals surface area contributed by atoms with Gasteiger partial charge in [-0.1, -0.05) is 6.07 Å². The summed E-state index contributed by atoms with van der Waals surface area (Å²) in [6.07, 6.45) is 0. The Morgan fingerprint density at radius 2 is 2.00 bits per heavy atom. The van der Waals surface area contributed by atoms with Crippen molar-refractivity contribution in [2.75, 3.05) is 0 Å². The highest BCUT2D eigenvalue weighted by Gasteiger charge is 2.11. The molecule has 2 rings (SSSR count). The molecule has 0 fully saturated rings. The molecule has 0 saturated heterocycles. The molecule has 84 valence electrons. The van der Waals surface area contributed by atoms with E-state index in [4.69, 9.17) is 0 Å². The van der Waals surface area contributed by atoms with Gasteiger partial charge in [0.2, 0.25) is 0 Å². The Morgan fingerprint density at radius 3 is 2.69 bits per heavy atom. The average molecular weight is 227 g/mol. The maximum atomic E-state index is 13.3. The van der Waals surface area contributed by atoms with Crippen LogP contribution in [0.3, 0.4) is 0 Å². The maximum Gasteiger partial charge on any atom is 0.387 e. The Bertz CT molecular complexity index is 528. The number of benzene rings is 1. The van der Waals surface area contributed by atoms with Crippen LogP contribution in [0.5, 0.6) is 5.75 Å². The third kappa shape index (κ3) is 2.08. The molecule has 0 spiro atoms. The molecule has 0 bridgehead atoms. The fraction of sp³-hybridized carbons (Fsp3) is 0.182. The Morgan fingerprint density at radius 1 is 1.25 bits per heavy atom. The number of nitrogens with zero attached hydrogens (tertiary/aromatic N) is 1. The Balaban J connectivity index is 2.55. The minimum absolute atomic E-state index is 0.428. The maximum absolute atomic E-state index is 13.3. The minimum Gasteiger partial charge on any atom is -0.432 e. The van der Waals surface area contributed by atoms with E-state index in [2.05, 4.69) is 9.72 Å². The summed E-state index contributed by atoms with van der Waals surface area (Å²) < 4.78 is 41.3. The van der Waals surface area contributed by atoms with Crippen LogP contribution in [0.2, 0.25) is 0 Å². The van der Waals surface area contributed by atoms with Gasteiger partial charge in [-0.2, -0.15) is 8.78 Å². The number of alkyl halides is 2. The van der Waals surface area contributed by atoms with Crippen molar-refractivity contribution in [2.45, 2.75) is 13.5 Å². The lowest BCUT2D eigenvalue weighted by Crippen LogP contribution is -2.03. The second-order valence-corrected chi connectivity index (χ2v) is 3.31. The summed E-state index contributed by atoms with van der Waals surface area (Å²) in [4.78, 5) is 4.09. The zero-order valence-electron chi connectivity index (χ0n) is 8.38. The molecule has 0 atom stereocenters. The normalized spacial score (nSPS) is 11.1. The third-order valence-corrected chi connectivity index (χ3v) is 2.10. The summed E-state index contributed by atoms with van der Waals surface area (Å²) in [7, 11) is 0. The summed E-state index contributed by atoms with van der Waals surface area (Å²) in [6, 6.07) is 5.69. The monoisotopic (exact) mass is 227 g/mol. The van der Waals surface area contributed by atoms with Gasteiger partial charge in [-0.15, -0.1) is 0 Å². The van der Waals surface area contributed by atoms with E-state index in [0.29, 0.717) is 10.9 Å². The predicted molar refractivity (Wildman–Crippen MR) is 53.1 cm³/mol. The van der Waals surface area contributed by atoms with Crippen LogP contribution in [0.15, 0.2) is 24.3 Å². The summed E-state index contributed by atoms with van der Waals surface area (Å²) >= 11 is 0. The van der Waals surface area contributed by atoms with E-state index in [1.165, 1.54) is 6.07 Å². The number of hydrogen-bond donors (Lipinski definition) is 0. The number of fused-ring (bicyclic) bond motifs is 1. The summed E-state index contributed by atoms with van der Waals surface area (Å²) in [6.45, 7) is -1.28. The summed E-state index contributed by atoms with van der Waals surface area (Å²) in [5, 5.41) is 0.546. The molecule has 0 amide bonds. The molecule has 16 heavy (non-hydrogen) atoms.